The fourth-order valence-electron chi connectivity index (χ4n) is 1.63. The van der Waals surface area contributed by atoms with Crippen molar-refractivity contribution in [2.75, 3.05) is 38.6 Å². The summed E-state index contributed by atoms with van der Waals surface area (Å²) in [5.41, 5.74) is 0. The third-order valence-corrected chi connectivity index (χ3v) is 5.42. The van der Waals surface area contributed by atoms with Gasteiger partial charge >= 0.3 is 0 Å². The molecule has 0 amide bonds. The van der Waals surface area contributed by atoms with Crippen molar-refractivity contribution in [1.29, 1.82) is 0 Å². The maximum atomic E-state index is 12.5. The first kappa shape index (κ1) is 11.7. The van der Waals surface area contributed by atoms with Crippen LogP contribution in [0.15, 0.2) is 25.3 Å². The summed E-state index contributed by atoms with van der Waals surface area (Å²) in [6.45, 7) is 10.2. The molecular weight excluding hydrogens is 197 g/mol. The second-order valence-corrected chi connectivity index (χ2v) is 6.34. The van der Waals surface area contributed by atoms with Gasteiger partial charge in [-0.1, -0.05) is 12.2 Å². The van der Waals surface area contributed by atoms with Gasteiger partial charge in [0, 0.05) is 25.4 Å². The molecular formula is C10H18NO2P. The first-order chi connectivity index (χ1) is 6.73. The minimum atomic E-state index is -2.28. The Labute approximate surface area is 85.9 Å². The van der Waals surface area contributed by atoms with Crippen LogP contribution in [-0.4, -0.2) is 43.3 Å². The van der Waals surface area contributed by atoms with Crippen LogP contribution in [0.2, 0.25) is 0 Å². The first-order valence-corrected chi connectivity index (χ1v) is 6.89. The summed E-state index contributed by atoms with van der Waals surface area (Å²) in [6, 6.07) is 0. The second kappa shape index (κ2) is 5.50. The van der Waals surface area contributed by atoms with E-state index < -0.39 is 7.29 Å². The van der Waals surface area contributed by atoms with Crippen LogP contribution >= 0.6 is 7.29 Å². The summed E-state index contributed by atoms with van der Waals surface area (Å²) in [6.07, 6.45) is 4.61. The predicted molar refractivity (Wildman–Crippen MR) is 60.1 cm³/mol. The number of rotatable bonds is 5. The van der Waals surface area contributed by atoms with Crippen molar-refractivity contribution < 1.29 is 9.30 Å². The lowest BCUT2D eigenvalue weighted by molar-refractivity contribution is 0.0722. The van der Waals surface area contributed by atoms with Gasteiger partial charge in [-0.25, -0.2) is 4.67 Å². The van der Waals surface area contributed by atoms with Gasteiger partial charge in [-0.05, 0) is 0 Å². The van der Waals surface area contributed by atoms with Gasteiger partial charge in [0.15, 0.2) is 7.29 Å². The van der Waals surface area contributed by atoms with E-state index >= 15 is 0 Å². The quantitative estimate of drug-likeness (QED) is 0.518. The third-order valence-electron chi connectivity index (χ3n) is 2.33. The number of hydrogen-bond donors (Lipinski definition) is 0. The molecule has 1 heterocycles. The van der Waals surface area contributed by atoms with Crippen LogP contribution in [0.4, 0.5) is 0 Å². The molecule has 0 aliphatic carbocycles. The molecule has 0 unspecified atom stereocenters. The van der Waals surface area contributed by atoms with E-state index in [1.54, 1.807) is 12.2 Å². The van der Waals surface area contributed by atoms with Crippen LogP contribution in [0.1, 0.15) is 0 Å². The molecule has 0 saturated carbocycles. The molecule has 0 N–H and O–H groups in total. The lowest BCUT2D eigenvalue weighted by Gasteiger charge is -2.33. The molecule has 1 fully saturated rings. The molecule has 0 spiro atoms. The van der Waals surface area contributed by atoms with E-state index in [1.165, 1.54) is 0 Å². The van der Waals surface area contributed by atoms with Gasteiger partial charge in [0.25, 0.3) is 0 Å². The Bertz CT molecular complexity index is 233. The van der Waals surface area contributed by atoms with Gasteiger partial charge in [0.2, 0.25) is 0 Å². The van der Waals surface area contributed by atoms with E-state index in [-0.39, 0.29) is 0 Å². The van der Waals surface area contributed by atoms with Crippen LogP contribution in [0.3, 0.4) is 0 Å². The molecule has 80 valence electrons. The normalized spacial score (nSPS) is 19.1. The van der Waals surface area contributed by atoms with E-state index in [0.29, 0.717) is 25.5 Å². The van der Waals surface area contributed by atoms with Gasteiger partial charge in [-0.2, -0.15) is 0 Å². The molecule has 0 bridgehead atoms. The topological polar surface area (TPSA) is 29.5 Å². The van der Waals surface area contributed by atoms with E-state index in [9.17, 15) is 4.57 Å². The van der Waals surface area contributed by atoms with E-state index in [1.807, 2.05) is 4.67 Å². The average Bonchev–Trinajstić information content (AvgIpc) is 2.20. The molecule has 3 nitrogen and oxygen atoms in total. The Morgan fingerprint density at radius 2 is 1.71 bits per heavy atom. The SMILES string of the molecule is C=CCP(=O)(CC=C)N1CCOCC1. The molecule has 1 aliphatic heterocycles. The first-order valence-electron chi connectivity index (χ1n) is 4.86. The Morgan fingerprint density at radius 3 is 2.14 bits per heavy atom. The monoisotopic (exact) mass is 215 g/mol. The molecule has 1 aliphatic rings. The Morgan fingerprint density at radius 1 is 1.21 bits per heavy atom. The van der Waals surface area contributed by atoms with Crippen molar-refractivity contribution in [3.63, 3.8) is 0 Å². The van der Waals surface area contributed by atoms with Crippen molar-refractivity contribution in [2.24, 2.45) is 0 Å². The smallest absolute Gasteiger partial charge is 0.157 e. The highest BCUT2D eigenvalue weighted by Gasteiger charge is 2.28. The van der Waals surface area contributed by atoms with Crippen LogP contribution in [-0.2, 0) is 9.30 Å². The van der Waals surface area contributed by atoms with Crippen LogP contribution in [0, 0.1) is 0 Å². The second-order valence-electron chi connectivity index (χ2n) is 3.35. The zero-order valence-corrected chi connectivity index (χ0v) is 9.42. The molecule has 0 atom stereocenters. The largest absolute Gasteiger partial charge is 0.379 e. The summed E-state index contributed by atoms with van der Waals surface area (Å²) in [5.74, 6) is 0. The minimum absolute atomic E-state index is 0.568. The fourth-order valence-corrected chi connectivity index (χ4v) is 3.94. The highest BCUT2D eigenvalue weighted by Crippen LogP contribution is 2.49. The summed E-state index contributed by atoms with van der Waals surface area (Å²) in [7, 11) is -2.28. The van der Waals surface area contributed by atoms with Crippen LogP contribution < -0.4 is 0 Å². The molecule has 4 heteroatoms. The maximum absolute atomic E-state index is 12.5. The zero-order chi connectivity index (χ0) is 10.4. The lowest BCUT2D eigenvalue weighted by atomic mass is 10.5. The summed E-state index contributed by atoms with van der Waals surface area (Å²) in [5, 5.41) is 0. The summed E-state index contributed by atoms with van der Waals surface area (Å²) in [4.78, 5) is 0. The van der Waals surface area contributed by atoms with Crippen molar-refractivity contribution in [3.05, 3.63) is 25.3 Å². The molecule has 0 aromatic carbocycles. The van der Waals surface area contributed by atoms with E-state index in [0.717, 1.165) is 13.1 Å². The maximum Gasteiger partial charge on any atom is 0.157 e. The summed E-state index contributed by atoms with van der Waals surface area (Å²) < 4.78 is 19.8. The van der Waals surface area contributed by atoms with Gasteiger partial charge < -0.3 is 9.30 Å². The lowest BCUT2D eigenvalue weighted by Crippen LogP contribution is -2.35. The van der Waals surface area contributed by atoms with Gasteiger partial charge in [-0.3, -0.25) is 0 Å². The van der Waals surface area contributed by atoms with E-state index in [4.69, 9.17) is 4.74 Å². The molecule has 0 radical (unpaired) electrons. The minimum Gasteiger partial charge on any atom is -0.379 e. The van der Waals surface area contributed by atoms with Crippen molar-refractivity contribution in [1.82, 2.24) is 4.67 Å². The standard InChI is InChI=1S/C10H18NO2P/c1-3-9-14(12,10-4-2)11-5-7-13-8-6-11/h3-4H,1-2,5-10H2. The van der Waals surface area contributed by atoms with Crippen LogP contribution in [0.5, 0.6) is 0 Å². The predicted octanol–water partition coefficient (Wildman–Crippen LogP) is 1.97. The number of allylic oxidation sites excluding steroid dienone is 2. The van der Waals surface area contributed by atoms with Gasteiger partial charge in [-0.15, -0.1) is 13.2 Å². The molecule has 14 heavy (non-hydrogen) atoms. The molecule has 0 aromatic heterocycles. The average molecular weight is 215 g/mol. The Balaban J connectivity index is 2.68. The van der Waals surface area contributed by atoms with Crippen molar-refractivity contribution >= 4 is 7.29 Å². The van der Waals surface area contributed by atoms with Crippen LogP contribution in [0.25, 0.3) is 0 Å². The van der Waals surface area contributed by atoms with Gasteiger partial charge in [0.05, 0.1) is 13.2 Å². The van der Waals surface area contributed by atoms with Crippen molar-refractivity contribution in [3.8, 4) is 0 Å². The number of ether oxygens (including phenoxy) is 1. The highest BCUT2D eigenvalue weighted by atomic mass is 31.2. The number of nitrogens with zero attached hydrogens (tertiary/aromatic N) is 1. The third kappa shape index (κ3) is 2.81. The Hall–Kier alpha value is -0.370. The van der Waals surface area contributed by atoms with Crippen molar-refractivity contribution in [2.45, 2.75) is 0 Å². The zero-order valence-electron chi connectivity index (χ0n) is 8.52. The Kier molecular flexibility index (Phi) is 4.59. The number of morpholine rings is 1. The highest BCUT2D eigenvalue weighted by molar-refractivity contribution is 7.61. The molecule has 0 aromatic rings. The van der Waals surface area contributed by atoms with E-state index in [2.05, 4.69) is 13.2 Å². The molecule has 1 saturated heterocycles. The number of hydrogen-bond acceptors (Lipinski definition) is 2. The fraction of sp³-hybridized carbons (Fsp3) is 0.600. The summed E-state index contributed by atoms with van der Waals surface area (Å²) >= 11 is 0. The molecule has 1 rings (SSSR count). The van der Waals surface area contributed by atoms with Gasteiger partial charge in [0.1, 0.15) is 0 Å².